The van der Waals surface area contributed by atoms with Crippen LogP contribution in [0.1, 0.15) is 5.69 Å². The van der Waals surface area contributed by atoms with Crippen LogP contribution in [0.4, 0.5) is 17.6 Å². The molecule has 2 heterocycles. The van der Waals surface area contributed by atoms with Crippen molar-refractivity contribution in [2.45, 2.75) is 6.92 Å². The van der Waals surface area contributed by atoms with Crippen LogP contribution in [0.25, 0.3) is 31.7 Å². The third kappa shape index (κ3) is 2.03. The SMILES string of the molecule is Cc1[nH]c2ccc(F)cc2c1-c1nc2c(F)c(F)cc(F)c2s1. The Kier molecular flexibility index (Phi) is 2.96. The lowest BCUT2D eigenvalue weighted by atomic mass is 10.1. The summed E-state index contributed by atoms with van der Waals surface area (Å²) in [6, 6.07) is 4.72. The second kappa shape index (κ2) is 4.79. The van der Waals surface area contributed by atoms with Crippen molar-refractivity contribution in [2.75, 3.05) is 0 Å². The van der Waals surface area contributed by atoms with Crippen molar-refractivity contribution in [3.63, 3.8) is 0 Å². The average molecular weight is 336 g/mol. The van der Waals surface area contributed by atoms with E-state index < -0.39 is 23.3 Å². The number of nitrogens with zero attached hydrogens (tertiary/aromatic N) is 1. The van der Waals surface area contributed by atoms with E-state index in [1.807, 2.05) is 0 Å². The van der Waals surface area contributed by atoms with Crippen molar-refractivity contribution in [3.05, 3.63) is 53.2 Å². The molecule has 0 fully saturated rings. The molecule has 2 aromatic carbocycles. The third-order valence-electron chi connectivity index (χ3n) is 3.68. The summed E-state index contributed by atoms with van der Waals surface area (Å²) in [5, 5.41) is 0.862. The molecule has 1 N–H and O–H groups in total. The molecule has 0 unspecified atom stereocenters. The lowest BCUT2D eigenvalue weighted by Gasteiger charge is -1.96. The molecule has 2 nitrogen and oxygen atoms in total. The van der Waals surface area contributed by atoms with E-state index in [-0.39, 0.29) is 10.2 Å². The van der Waals surface area contributed by atoms with Crippen LogP contribution in [0.3, 0.4) is 0 Å². The molecule has 0 aliphatic rings. The molecule has 0 aliphatic heterocycles. The first-order valence-corrected chi connectivity index (χ1v) is 7.49. The quantitative estimate of drug-likeness (QED) is 0.370. The maximum atomic E-state index is 13.9. The summed E-state index contributed by atoms with van der Waals surface area (Å²) < 4.78 is 54.5. The van der Waals surface area contributed by atoms with Gasteiger partial charge in [-0.1, -0.05) is 0 Å². The van der Waals surface area contributed by atoms with E-state index in [1.54, 1.807) is 13.0 Å². The molecule has 0 aliphatic carbocycles. The molecular formula is C16H8F4N2S. The first-order valence-electron chi connectivity index (χ1n) is 6.68. The van der Waals surface area contributed by atoms with Crippen LogP contribution in [0, 0.1) is 30.2 Å². The van der Waals surface area contributed by atoms with Crippen LogP contribution < -0.4 is 0 Å². The monoisotopic (exact) mass is 336 g/mol. The molecular weight excluding hydrogens is 328 g/mol. The highest BCUT2D eigenvalue weighted by atomic mass is 32.1. The number of aromatic nitrogens is 2. The number of thiazole rings is 1. The number of hydrogen-bond donors (Lipinski definition) is 1. The maximum absolute atomic E-state index is 13.9. The molecule has 0 atom stereocenters. The number of aryl methyl sites for hydroxylation is 1. The molecule has 4 aromatic rings. The van der Waals surface area contributed by atoms with E-state index >= 15 is 0 Å². The zero-order valence-electron chi connectivity index (χ0n) is 11.7. The minimum atomic E-state index is -1.28. The van der Waals surface area contributed by atoms with Gasteiger partial charge in [-0.05, 0) is 25.1 Å². The number of hydrogen-bond acceptors (Lipinski definition) is 2. The van der Waals surface area contributed by atoms with E-state index in [0.717, 1.165) is 11.3 Å². The maximum Gasteiger partial charge on any atom is 0.186 e. The van der Waals surface area contributed by atoms with Gasteiger partial charge in [0.25, 0.3) is 0 Å². The van der Waals surface area contributed by atoms with Gasteiger partial charge in [-0.3, -0.25) is 0 Å². The number of H-pyrrole nitrogens is 1. The lowest BCUT2D eigenvalue weighted by Crippen LogP contribution is -1.88. The van der Waals surface area contributed by atoms with E-state index in [0.29, 0.717) is 33.2 Å². The van der Waals surface area contributed by atoms with E-state index in [1.165, 1.54) is 12.1 Å². The highest BCUT2D eigenvalue weighted by molar-refractivity contribution is 7.21. The Morgan fingerprint density at radius 3 is 2.61 bits per heavy atom. The van der Waals surface area contributed by atoms with E-state index in [2.05, 4.69) is 9.97 Å². The number of nitrogens with one attached hydrogen (secondary N) is 1. The van der Waals surface area contributed by atoms with Crippen LogP contribution >= 0.6 is 11.3 Å². The van der Waals surface area contributed by atoms with Gasteiger partial charge in [0.15, 0.2) is 11.6 Å². The van der Waals surface area contributed by atoms with Gasteiger partial charge < -0.3 is 4.98 Å². The molecule has 0 radical (unpaired) electrons. The predicted molar refractivity (Wildman–Crippen MR) is 81.5 cm³/mol. The van der Waals surface area contributed by atoms with Gasteiger partial charge >= 0.3 is 0 Å². The Morgan fingerprint density at radius 2 is 1.83 bits per heavy atom. The number of fused-ring (bicyclic) bond motifs is 2. The molecule has 0 spiro atoms. The fourth-order valence-corrected chi connectivity index (χ4v) is 3.75. The van der Waals surface area contributed by atoms with Crippen molar-refractivity contribution >= 4 is 32.5 Å². The van der Waals surface area contributed by atoms with Crippen molar-refractivity contribution in [2.24, 2.45) is 0 Å². The normalized spacial score (nSPS) is 11.7. The van der Waals surface area contributed by atoms with Gasteiger partial charge in [0, 0.05) is 28.2 Å². The molecule has 0 amide bonds. The summed E-state index contributed by atoms with van der Waals surface area (Å²) in [4.78, 5) is 7.11. The molecule has 7 heteroatoms. The summed E-state index contributed by atoms with van der Waals surface area (Å²) in [5.74, 6) is -3.77. The molecule has 4 rings (SSSR count). The Labute approximate surface area is 131 Å². The smallest absolute Gasteiger partial charge is 0.186 e. The Morgan fingerprint density at radius 1 is 1.04 bits per heavy atom. The Hall–Kier alpha value is -2.41. The first kappa shape index (κ1) is 14.2. The number of rotatable bonds is 1. The summed E-state index contributed by atoms with van der Waals surface area (Å²) in [7, 11) is 0. The van der Waals surface area contributed by atoms with Gasteiger partial charge in [0.2, 0.25) is 0 Å². The second-order valence-corrected chi connectivity index (χ2v) is 6.16. The fourth-order valence-electron chi connectivity index (χ4n) is 2.67. The topological polar surface area (TPSA) is 28.7 Å². The molecule has 0 saturated carbocycles. The highest BCUT2D eigenvalue weighted by Gasteiger charge is 2.21. The molecule has 23 heavy (non-hydrogen) atoms. The van der Waals surface area contributed by atoms with Crippen LogP contribution in [0.15, 0.2) is 24.3 Å². The third-order valence-corrected chi connectivity index (χ3v) is 4.76. The van der Waals surface area contributed by atoms with E-state index in [9.17, 15) is 17.6 Å². The Bertz CT molecular complexity index is 1080. The predicted octanol–water partition coefficient (Wildman–Crippen LogP) is 5.31. The van der Waals surface area contributed by atoms with Crippen LogP contribution in [-0.4, -0.2) is 9.97 Å². The number of aromatic amines is 1. The summed E-state index contributed by atoms with van der Waals surface area (Å²) >= 11 is 0.904. The van der Waals surface area contributed by atoms with Crippen molar-refractivity contribution in [1.29, 1.82) is 0 Å². The van der Waals surface area contributed by atoms with Gasteiger partial charge in [0.05, 0.1) is 4.70 Å². The summed E-state index contributed by atoms with van der Waals surface area (Å²) in [6.07, 6.45) is 0. The molecule has 2 aromatic heterocycles. The largest absolute Gasteiger partial charge is 0.358 e. The van der Waals surface area contributed by atoms with Crippen LogP contribution in [-0.2, 0) is 0 Å². The van der Waals surface area contributed by atoms with Crippen LogP contribution in [0.5, 0.6) is 0 Å². The highest BCUT2D eigenvalue weighted by Crippen LogP contribution is 2.39. The minimum Gasteiger partial charge on any atom is -0.358 e. The number of benzene rings is 2. The second-order valence-electron chi connectivity index (χ2n) is 5.17. The van der Waals surface area contributed by atoms with Gasteiger partial charge in [-0.15, -0.1) is 11.3 Å². The minimum absolute atomic E-state index is 0.0657. The lowest BCUT2D eigenvalue weighted by molar-refractivity contribution is 0.505. The van der Waals surface area contributed by atoms with Gasteiger partial charge in [-0.2, -0.15) is 0 Å². The van der Waals surface area contributed by atoms with Crippen molar-refractivity contribution in [1.82, 2.24) is 9.97 Å². The van der Waals surface area contributed by atoms with Crippen molar-refractivity contribution < 1.29 is 17.6 Å². The molecule has 116 valence electrons. The fraction of sp³-hybridized carbons (Fsp3) is 0.0625. The summed E-state index contributed by atoms with van der Waals surface area (Å²) in [6.45, 7) is 1.76. The van der Waals surface area contributed by atoms with E-state index in [4.69, 9.17) is 0 Å². The Balaban J connectivity index is 2.07. The summed E-state index contributed by atoms with van der Waals surface area (Å²) in [5.41, 5.74) is 1.57. The van der Waals surface area contributed by atoms with Gasteiger partial charge in [-0.25, -0.2) is 22.5 Å². The first-order chi connectivity index (χ1) is 11.0. The average Bonchev–Trinajstić information content (AvgIpc) is 3.05. The zero-order valence-corrected chi connectivity index (χ0v) is 12.5. The van der Waals surface area contributed by atoms with Crippen LogP contribution in [0.2, 0.25) is 0 Å². The number of halogens is 4. The molecule has 0 bridgehead atoms. The molecule has 0 saturated heterocycles. The van der Waals surface area contributed by atoms with Crippen molar-refractivity contribution in [3.8, 4) is 10.6 Å². The van der Waals surface area contributed by atoms with Gasteiger partial charge in [0.1, 0.15) is 22.2 Å². The zero-order chi connectivity index (χ0) is 16.3. The standard InChI is InChI=1S/C16H8F4N2S/c1-6-12(8-4-7(17)2-3-11(8)21-6)16-22-14-13(20)9(18)5-10(19)15(14)23-16/h2-5,21H,1H3.